The number of amides is 1. The predicted molar refractivity (Wildman–Crippen MR) is 141 cm³/mol. The van der Waals surface area contributed by atoms with Crippen molar-refractivity contribution in [3.63, 3.8) is 0 Å². The number of carbonyl (C=O) groups is 1. The van der Waals surface area contributed by atoms with E-state index >= 15 is 0 Å². The number of rotatable bonds is 10. The molecule has 4 rings (SSSR count). The van der Waals surface area contributed by atoms with E-state index < -0.39 is 5.95 Å². The van der Waals surface area contributed by atoms with Gasteiger partial charge in [-0.25, -0.2) is 4.98 Å². The highest BCUT2D eigenvalue weighted by Crippen LogP contribution is 2.48. The SMILES string of the molecule is CCCc1ccc(-c2ccc(N(C[C@@H](N)[C@@H](C)CC)C(=O)[C@H]3C[C@@H]3c3cccc(F)n3)cc2)cc1. The zero-order valence-electron chi connectivity index (χ0n) is 21.0. The Hall–Kier alpha value is -3.05. The average Bonchev–Trinajstić information content (AvgIpc) is 3.68. The van der Waals surface area contributed by atoms with E-state index in [1.54, 1.807) is 12.1 Å². The van der Waals surface area contributed by atoms with Crippen LogP contribution in [0.4, 0.5) is 10.1 Å². The molecule has 184 valence electrons. The van der Waals surface area contributed by atoms with E-state index in [0.29, 0.717) is 24.6 Å². The van der Waals surface area contributed by atoms with Gasteiger partial charge < -0.3 is 10.6 Å². The first-order valence-corrected chi connectivity index (χ1v) is 12.8. The number of aromatic nitrogens is 1. The van der Waals surface area contributed by atoms with Gasteiger partial charge in [0.05, 0.1) is 0 Å². The zero-order valence-corrected chi connectivity index (χ0v) is 21.0. The van der Waals surface area contributed by atoms with Crippen molar-refractivity contribution in [1.29, 1.82) is 0 Å². The number of halogens is 1. The molecule has 1 aromatic heterocycles. The van der Waals surface area contributed by atoms with Gasteiger partial charge >= 0.3 is 0 Å². The summed E-state index contributed by atoms with van der Waals surface area (Å²) in [6.45, 7) is 6.88. The van der Waals surface area contributed by atoms with Gasteiger partial charge in [-0.1, -0.05) is 76.1 Å². The number of pyridine rings is 1. The lowest BCUT2D eigenvalue weighted by Gasteiger charge is -2.29. The molecular weight excluding hydrogens is 437 g/mol. The fraction of sp³-hybridized carbons (Fsp3) is 0.400. The number of hydrogen-bond donors (Lipinski definition) is 1. The summed E-state index contributed by atoms with van der Waals surface area (Å²) in [5.41, 5.74) is 11.6. The lowest BCUT2D eigenvalue weighted by atomic mass is 9.98. The van der Waals surface area contributed by atoms with Crippen molar-refractivity contribution in [3.8, 4) is 11.1 Å². The Labute approximate surface area is 208 Å². The third-order valence-electron chi connectivity index (χ3n) is 7.26. The van der Waals surface area contributed by atoms with Gasteiger partial charge in [0, 0.05) is 35.8 Å². The third kappa shape index (κ3) is 5.96. The van der Waals surface area contributed by atoms with Gasteiger partial charge in [-0.05, 0) is 59.7 Å². The largest absolute Gasteiger partial charge is 0.326 e. The predicted octanol–water partition coefficient (Wildman–Crippen LogP) is 6.35. The van der Waals surface area contributed by atoms with Gasteiger partial charge in [0.1, 0.15) is 0 Å². The molecule has 3 aromatic rings. The van der Waals surface area contributed by atoms with Gasteiger partial charge in [-0.2, -0.15) is 4.39 Å². The minimum absolute atomic E-state index is 0.0384. The summed E-state index contributed by atoms with van der Waals surface area (Å²) in [5, 5.41) is 0. The van der Waals surface area contributed by atoms with Gasteiger partial charge in [-0.3, -0.25) is 4.79 Å². The topological polar surface area (TPSA) is 59.2 Å². The highest BCUT2D eigenvalue weighted by Gasteiger charge is 2.47. The van der Waals surface area contributed by atoms with Crippen LogP contribution in [0.5, 0.6) is 0 Å². The van der Waals surface area contributed by atoms with E-state index in [4.69, 9.17) is 5.73 Å². The summed E-state index contributed by atoms with van der Waals surface area (Å²) >= 11 is 0. The molecule has 0 radical (unpaired) electrons. The second-order valence-electron chi connectivity index (χ2n) is 9.83. The molecule has 4 nitrogen and oxygen atoms in total. The van der Waals surface area contributed by atoms with Crippen LogP contribution in [0.15, 0.2) is 66.7 Å². The van der Waals surface area contributed by atoms with Crippen LogP contribution in [-0.4, -0.2) is 23.5 Å². The summed E-state index contributed by atoms with van der Waals surface area (Å²) in [4.78, 5) is 19.5. The zero-order chi connectivity index (χ0) is 24.9. The van der Waals surface area contributed by atoms with Crippen LogP contribution in [0, 0.1) is 17.8 Å². The molecule has 1 aliphatic carbocycles. The first-order valence-electron chi connectivity index (χ1n) is 12.8. The molecule has 5 heteroatoms. The van der Waals surface area contributed by atoms with E-state index in [-0.39, 0.29) is 23.8 Å². The maximum atomic E-state index is 13.6. The van der Waals surface area contributed by atoms with E-state index in [1.807, 2.05) is 17.0 Å². The van der Waals surface area contributed by atoms with Crippen LogP contribution in [-0.2, 0) is 11.2 Å². The van der Waals surface area contributed by atoms with Gasteiger partial charge in [0.15, 0.2) is 0 Å². The van der Waals surface area contributed by atoms with Crippen molar-refractivity contribution >= 4 is 11.6 Å². The number of anilines is 1. The van der Waals surface area contributed by atoms with Crippen molar-refractivity contribution < 1.29 is 9.18 Å². The minimum Gasteiger partial charge on any atom is -0.326 e. The van der Waals surface area contributed by atoms with Crippen LogP contribution in [0.1, 0.15) is 57.2 Å². The number of nitrogens with two attached hydrogens (primary N) is 1. The van der Waals surface area contributed by atoms with Crippen LogP contribution in [0.3, 0.4) is 0 Å². The molecule has 0 saturated heterocycles. The van der Waals surface area contributed by atoms with E-state index in [0.717, 1.165) is 36.1 Å². The first-order chi connectivity index (χ1) is 16.9. The second kappa shape index (κ2) is 11.1. The Balaban J connectivity index is 1.55. The van der Waals surface area contributed by atoms with Crippen molar-refractivity contribution in [3.05, 3.63) is 83.9 Å². The molecule has 2 aromatic carbocycles. The first kappa shape index (κ1) is 25.1. The van der Waals surface area contributed by atoms with Crippen molar-refractivity contribution in [1.82, 2.24) is 4.98 Å². The quantitative estimate of drug-likeness (QED) is 0.349. The Bertz CT molecular complexity index is 1130. The smallest absolute Gasteiger partial charge is 0.230 e. The van der Waals surface area contributed by atoms with Crippen LogP contribution >= 0.6 is 0 Å². The molecular formula is C30H36FN3O. The lowest BCUT2D eigenvalue weighted by Crippen LogP contribution is -2.45. The summed E-state index contributed by atoms with van der Waals surface area (Å²) in [5.74, 6) is -0.405. The van der Waals surface area contributed by atoms with Crippen molar-refractivity contribution in [2.24, 2.45) is 17.6 Å². The average molecular weight is 474 g/mol. The highest BCUT2D eigenvalue weighted by atomic mass is 19.1. The molecule has 1 amide bonds. The fourth-order valence-electron chi connectivity index (χ4n) is 4.63. The van der Waals surface area contributed by atoms with E-state index in [9.17, 15) is 9.18 Å². The Morgan fingerprint density at radius 2 is 1.71 bits per heavy atom. The standard InChI is InChI=1S/C30H36FN3O/c1-4-7-21-10-12-22(13-11-21)23-14-16-24(17-15-23)34(19-27(32)20(3)5-2)30(35)26-18-25(26)28-8-6-9-29(31)33-28/h6,8-17,20,25-27H,4-5,7,18-19,32H2,1-3H3/t20-,25-,26-,27+/m0/s1. The molecule has 1 fully saturated rings. The molecule has 4 atom stereocenters. The third-order valence-corrected chi connectivity index (χ3v) is 7.26. The highest BCUT2D eigenvalue weighted by molar-refractivity contribution is 5.97. The molecule has 0 spiro atoms. The second-order valence-corrected chi connectivity index (χ2v) is 9.83. The van der Waals surface area contributed by atoms with Crippen molar-refractivity contribution in [2.75, 3.05) is 11.4 Å². The van der Waals surface area contributed by atoms with Gasteiger partial charge in [-0.15, -0.1) is 0 Å². The van der Waals surface area contributed by atoms with E-state index in [1.165, 1.54) is 11.6 Å². The Morgan fingerprint density at radius 1 is 1.06 bits per heavy atom. The summed E-state index contributed by atoms with van der Waals surface area (Å²) in [6.07, 6.45) is 3.86. The fourth-order valence-corrected chi connectivity index (χ4v) is 4.63. The van der Waals surface area contributed by atoms with Gasteiger partial charge in [0.25, 0.3) is 0 Å². The molecule has 0 unspecified atom stereocenters. The molecule has 0 aliphatic heterocycles. The lowest BCUT2D eigenvalue weighted by molar-refractivity contribution is -0.120. The monoisotopic (exact) mass is 473 g/mol. The van der Waals surface area contributed by atoms with E-state index in [2.05, 4.69) is 62.2 Å². The maximum absolute atomic E-state index is 13.6. The molecule has 35 heavy (non-hydrogen) atoms. The Kier molecular flexibility index (Phi) is 7.97. The maximum Gasteiger partial charge on any atom is 0.230 e. The molecule has 1 aliphatic rings. The Morgan fingerprint density at radius 3 is 2.31 bits per heavy atom. The van der Waals surface area contributed by atoms with Crippen LogP contribution < -0.4 is 10.6 Å². The molecule has 2 N–H and O–H groups in total. The van der Waals surface area contributed by atoms with Crippen LogP contribution in [0.2, 0.25) is 0 Å². The summed E-state index contributed by atoms with van der Waals surface area (Å²) in [6, 6.07) is 21.5. The normalized spacial score (nSPS) is 18.7. The molecule has 0 bridgehead atoms. The number of nitrogens with zero attached hydrogens (tertiary/aromatic N) is 2. The van der Waals surface area contributed by atoms with Crippen molar-refractivity contribution in [2.45, 2.75) is 58.4 Å². The summed E-state index contributed by atoms with van der Waals surface area (Å²) in [7, 11) is 0. The molecule has 1 heterocycles. The number of aryl methyl sites for hydroxylation is 1. The molecule has 1 saturated carbocycles. The van der Waals surface area contributed by atoms with Gasteiger partial charge in [0.2, 0.25) is 11.9 Å². The minimum atomic E-state index is -0.505. The van der Waals surface area contributed by atoms with Crippen LogP contribution in [0.25, 0.3) is 11.1 Å². The summed E-state index contributed by atoms with van der Waals surface area (Å²) < 4.78 is 13.6. The number of carbonyl (C=O) groups excluding carboxylic acids is 1. The number of hydrogen-bond acceptors (Lipinski definition) is 3. The number of benzene rings is 2.